The fraction of sp³-hybridized carbons (Fsp3) is 0.292. The van der Waals surface area contributed by atoms with E-state index in [0.29, 0.717) is 31.1 Å². The predicted octanol–water partition coefficient (Wildman–Crippen LogP) is 4.14. The molecule has 1 aliphatic carbocycles. The lowest BCUT2D eigenvalue weighted by Gasteiger charge is -2.12. The Morgan fingerprint density at radius 1 is 1.19 bits per heavy atom. The molecule has 4 aromatic rings. The van der Waals surface area contributed by atoms with Crippen LogP contribution in [0.4, 0.5) is 0 Å². The third-order valence-corrected chi connectivity index (χ3v) is 6.74. The van der Waals surface area contributed by atoms with Gasteiger partial charge in [-0.25, -0.2) is 4.98 Å². The molecule has 2 aromatic carbocycles. The maximum Gasteiger partial charge on any atom is 0.230 e. The number of fused-ring (bicyclic) bond motifs is 1. The van der Waals surface area contributed by atoms with Gasteiger partial charge in [-0.1, -0.05) is 43.3 Å². The van der Waals surface area contributed by atoms with Crippen LogP contribution < -0.4 is 5.32 Å². The Hall–Kier alpha value is -3.57. The first kappa shape index (κ1) is 20.3. The molecule has 2 heterocycles. The second kappa shape index (κ2) is 8.17. The minimum Gasteiger partial charge on any atom is -0.424 e. The third kappa shape index (κ3) is 4.25. The van der Waals surface area contributed by atoms with Crippen molar-refractivity contribution < 1.29 is 9.21 Å². The van der Waals surface area contributed by atoms with Crippen molar-refractivity contribution in [2.24, 2.45) is 0 Å². The molecule has 1 saturated carbocycles. The van der Waals surface area contributed by atoms with Crippen LogP contribution in [0.1, 0.15) is 53.6 Å². The van der Waals surface area contributed by atoms with Gasteiger partial charge in [0, 0.05) is 5.92 Å². The number of hydrogen-bond donors (Lipinski definition) is 1. The van der Waals surface area contributed by atoms with Crippen molar-refractivity contribution in [1.82, 2.24) is 20.5 Å². The topological polar surface area (TPSA) is 105 Å². The van der Waals surface area contributed by atoms with Crippen LogP contribution in [0, 0.1) is 11.3 Å². The van der Waals surface area contributed by atoms with E-state index in [-0.39, 0.29) is 18.2 Å². The minimum absolute atomic E-state index is 0.0307. The Balaban J connectivity index is 1.27. The summed E-state index contributed by atoms with van der Waals surface area (Å²) in [5.74, 6) is 0.684. The van der Waals surface area contributed by atoms with Crippen molar-refractivity contribution in [2.45, 2.75) is 44.1 Å². The van der Waals surface area contributed by atoms with Crippen molar-refractivity contribution >= 4 is 27.5 Å². The highest BCUT2D eigenvalue weighted by atomic mass is 32.1. The van der Waals surface area contributed by atoms with Crippen LogP contribution in [0.15, 0.2) is 52.9 Å². The highest BCUT2D eigenvalue weighted by Gasteiger charge is 2.44. The first-order chi connectivity index (χ1) is 15.5. The third-order valence-electron chi connectivity index (χ3n) is 5.72. The van der Waals surface area contributed by atoms with E-state index in [1.165, 1.54) is 11.1 Å². The molecule has 1 atom stereocenters. The van der Waals surface area contributed by atoms with E-state index >= 15 is 0 Å². The Bertz CT molecular complexity index is 1320. The number of nitrogens with zero attached hydrogens (tertiary/aromatic N) is 4. The van der Waals surface area contributed by atoms with E-state index in [1.54, 1.807) is 11.3 Å². The lowest BCUT2D eigenvalue weighted by atomic mass is 9.93. The van der Waals surface area contributed by atoms with Gasteiger partial charge in [0.15, 0.2) is 0 Å². The molecule has 0 radical (unpaired) electrons. The molecule has 160 valence electrons. The van der Waals surface area contributed by atoms with Gasteiger partial charge in [-0.2, -0.15) is 5.26 Å². The van der Waals surface area contributed by atoms with E-state index in [0.717, 1.165) is 15.2 Å². The Morgan fingerprint density at radius 2 is 1.97 bits per heavy atom. The largest absolute Gasteiger partial charge is 0.424 e. The summed E-state index contributed by atoms with van der Waals surface area (Å²) < 4.78 is 6.76. The minimum atomic E-state index is -0.697. The van der Waals surface area contributed by atoms with Crippen molar-refractivity contribution in [1.29, 1.82) is 5.26 Å². The number of carbonyl (C=O) groups is 1. The molecule has 0 bridgehead atoms. The van der Waals surface area contributed by atoms with Crippen molar-refractivity contribution in [3.05, 3.63) is 76.4 Å². The number of nitriles is 1. The number of rotatable bonds is 7. The molecule has 1 fully saturated rings. The number of thiazole rings is 1. The molecule has 2 aromatic heterocycles. The van der Waals surface area contributed by atoms with Crippen LogP contribution in [0.3, 0.4) is 0 Å². The van der Waals surface area contributed by atoms with E-state index < -0.39 is 5.54 Å². The molecule has 1 N–H and O–H groups in total. The average molecular weight is 444 g/mol. The summed E-state index contributed by atoms with van der Waals surface area (Å²) in [4.78, 5) is 16.8. The van der Waals surface area contributed by atoms with E-state index in [2.05, 4.69) is 71.0 Å². The van der Waals surface area contributed by atoms with E-state index in [1.807, 2.05) is 6.07 Å². The smallest absolute Gasteiger partial charge is 0.230 e. The summed E-state index contributed by atoms with van der Waals surface area (Å²) in [5, 5.41) is 20.7. The van der Waals surface area contributed by atoms with Gasteiger partial charge >= 0.3 is 0 Å². The number of nitrogens with one attached hydrogen (secondary N) is 1. The van der Waals surface area contributed by atoms with Crippen molar-refractivity contribution in [2.75, 3.05) is 0 Å². The average Bonchev–Trinajstić information content (AvgIpc) is 3.24. The highest BCUT2D eigenvalue weighted by Crippen LogP contribution is 2.34. The molecular weight excluding hydrogens is 422 g/mol. The summed E-state index contributed by atoms with van der Waals surface area (Å²) in [6.07, 6.45) is 1.76. The summed E-state index contributed by atoms with van der Waals surface area (Å²) >= 11 is 1.61. The van der Waals surface area contributed by atoms with Gasteiger partial charge in [0.05, 0.1) is 22.7 Å². The quantitative estimate of drug-likeness (QED) is 0.460. The van der Waals surface area contributed by atoms with Gasteiger partial charge < -0.3 is 9.73 Å². The van der Waals surface area contributed by atoms with Crippen LogP contribution in [0.25, 0.3) is 10.2 Å². The normalized spacial score (nSPS) is 15.2. The molecule has 1 amide bonds. The van der Waals surface area contributed by atoms with Crippen molar-refractivity contribution in [3.63, 3.8) is 0 Å². The predicted molar refractivity (Wildman–Crippen MR) is 120 cm³/mol. The van der Waals surface area contributed by atoms with E-state index in [4.69, 9.17) is 14.7 Å². The molecule has 0 aliphatic heterocycles. The molecular formula is C24H21N5O2S. The zero-order valence-electron chi connectivity index (χ0n) is 17.5. The second-order valence-electron chi connectivity index (χ2n) is 8.15. The maximum atomic E-state index is 12.1. The lowest BCUT2D eigenvalue weighted by molar-refractivity contribution is -0.121. The summed E-state index contributed by atoms with van der Waals surface area (Å²) in [7, 11) is 0. The van der Waals surface area contributed by atoms with Crippen LogP contribution in [0.5, 0.6) is 0 Å². The van der Waals surface area contributed by atoms with Crippen LogP contribution in [-0.4, -0.2) is 26.6 Å². The molecule has 5 rings (SSSR count). The van der Waals surface area contributed by atoms with Gasteiger partial charge in [0.1, 0.15) is 17.0 Å². The molecule has 7 nitrogen and oxygen atoms in total. The fourth-order valence-electron chi connectivity index (χ4n) is 3.67. The van der Waals surface area contributed by atoms with Crippen molar-refractivity contribution in [3.8, 4) is 6.07 Å². The van der Waals surface area contributed by atoms with Crippen LogP contribution >= 0.6 is 11.3 Å². The van der Waals surface area contributed by atoms with Crippen LogP contribution in [-0.2, 0) is 17.6 Å². The molecule has 0 spiro atoms. The lowest BCUT2D eigenvalue weighted by Crippen LogP contribution is -2.36. The van der Waals surface area contributed by atoms with Gasteiger partial charge in [-0.05, 0) is 36.1 Å². The summed E-state index contributed by atoms with van der Waals surface area (Å²) in [6.45, 7) is 2.20. The monoisotopic (exact) mass is 443 g/mol. The van der Waals surface area contributed by atoms with Crippen LogP contribution in [0.2, 0.25) is 0 Å². The van der Waals surface area contributed by atoms with Gasteiger partial charge in [0.2, 0.25) is 17.7 Å². The Morgan fingerprint density at radius 3 is 2.72 bits per heavy atom. The molecule has 1 unspecified atom stereocenters. The number of carbonyl (C=O) groups excluding carboxylic acids is 1. The number of amides is 1. The summed E-state index contributed by atoms with van der Waals surface area (Å²) in [5.41, 5.74) is 2.77. The molecule has 32 heavy (non-hydrogen) atoms. The van der Waals surface area contributed by atoms with Gasteiger partial charge in [-0.3, -0.25) is 4.79 Å². The van der Waals surface area contributed by atoms with Gasteiger partial charge in [0.25, 0.3) is 0 Å². The van der Waals surface area contributed by atoms with E-state index in [9.17, 15) is 4.79 Å². The fourth-order valence-corrected chi connectivity index (χ4v) is 4.67. The SMILES string of the molecule is CC(c1ccccc1)c1ccc2nc(Cc3nnc(CC(=O)NC4(C#N)CC4)o3)sc2c1. The Labute approximate surface area is 189 Å². The molecule has 8 heteroatoms. The zero-order valence-corrected chi connectivity index (χ0v) is 18.4. The van der Waals surface area contributed by atoms with Gasteiger partial charge in [-0.15, -0.1) is 21.5 Å². The highest BCUT2D eigenvalue weighted by molar-refractivity contribution is 7.18. The number of aromatic nitrogens is 3. The first-order valence-electron chi connectivity index (χ1n) is 10.5. The Kier molecular flexibility index (Phi) is 5.19. The first-order valence-corrected chi connectivity index (χ1v) is 11.3. The zero-order chi connectivity index (χ0) is 22.1. The molecule has 0 saturated heterocycles. The molecule has 1 aliphatic rings. The standard InChI is InChI=1S/C24H21N5O2S/c1-15(16-5-3-2-4-6-16)17-7-8-18-19(11-17)32-23(26-18)13-22-29-28-21(31-22)12-20(30)27-24(14-25)9-10-24/h2-8,11,15H,9-10,12-13H2,1H3,(H,27,30). The maximum absolute atomic E-state index is 12.1. The summed E-state index contributed by atoms with van der Waals surface area (Å²) in [6, 6.07) is 18.9. The second-order valence-corrected chi connectivity index (χ2v) is 9.27. The number of benzene rings is 2. The number of hydrogen-bond acceptors (Lipinski definition) is 7.